The van der Waals surface area contributed by atoms with E-state index >= 15 is 0 Å². The Labute approximate surface area is 90.7 Å². The van der Waals surface area contributed by atoms with E-state index in [4.69, 9.17) is 0 Å². The molecule has 0 saturated heterocycles. The predicted molar refractivity (Wildman–Crippen MR) is 61.1 cm³/mol. The van der Waals surface area contributed by atoms with Crippen molar-refractivity contribution in [1.82, 2.24) is 5.32 Å². The van der Waals surface area contributed by atoms with Crippen molar-refractivity contribution in [2.24, 2.45) is 5.92 Å². The number of hydrogen-bond acceptors (Lipinski definition) is 2. The first-order chi connectivity index (χ1) is 7.33. The molecule has 0 radical (unpaired) electrons. The molecule has 0 aromatic heterocycles. The summed E-state index contributed by atoms with van der Waals surface area (Å²) in [5.41, 5.74) is 2.15. The highest BCUT2D eigenvalue weighted by atomic mass is 16.1. The zero-order chi connectivity index (χ0) is 10.7. The lowest BCUT2D eigenvalue weighted by Gasteiger charge is -2.23. The van der Waals surface area contributed by atoms with Gasteiger partial charge in [-0.15, -0.1) is 0 Å². The highest BCUT2D eigenvalue weighted by Gasteiger charge is 2.26. The van der Waals surface area contributed by atoms with Gasteiger partial charge in [-0.1, -0.05) is 31.2 Å². The Bertz CT molecular complexity index is 359. The summed E-state index contributed by atoms with van der Waals surface area (Å²) in [6.07, 6.45) is 2.03. The number of nitrogens with one attached hydrogen (secondary N) is 1. The van der Waals surface area contributed by atoms with Crippen molar-refractivity contribution in [1.29, 1.82) is 0 Å². The third kappa shape index (κ3) is 2.10. The molecule has 0 saturated carbocycles. The Kier molecular flexibility index (Phi) is 3.17. The van der Waals surface area contributed by atoms with Crippen LogP contribution in [0.2, 0.25) is 0 Å². The van der Waals surface area contributed by atoms with Crippen molar-refractivity contribution in [3.8, 4) is 0 Å². The number of aryl methyl sites for hydroxylation is 1. The molecule has 1 aliphatic carbocycles. The number of Topliss-reactive ketones (excluding diaryl/α,β-unsaturated/α-hetero) is 1. The minimum Gasteiger partial charge on any atom is -0.316 e. The van der Waals surface area contributed by atoms with Crippen molar-refractivity contribution in [3.63, 3.8) is 0 Å². The van der Waals surface area contributed by atoms with E-state index in [0.717, 1.165) is 31.5 Å². The molecule has 1 atom stereocenters. The van der Waals surface area contributed by atoms with Crippen LogP contribution in [0.1, 0.15) is 29.3 Å². The first-order valence-electron chi connectivity index (χ1n) is 5.65. The molecular formula is C13H17NO. The summed E-state index contributed by atoms with van der Waals surface area (Å²) in [4.78, 5) is 12.1. The van der Waals surface area contributed by atoms with Crippen molar-refractivity contribution in [3.05, 3.63) is 35.4 Å². The van der Waals surface area contributed by atoms with Gasteiger partial charge in [0.05, 0.1) is 0 Å². The fourth-order valence-electron chi connectivity index (χ4n) is 2.17. The summed E-state index contributed by atoms with van der Waals surface area (Å²) >= 11 is 0. The van der Waals surface area contributed by atoms with E-state index in [-0.39, 0.29) is 5.92 Å². The first kappa shape index (κ1) is 10.4. The van der Waals surface area contributed by atoms with Crippen molar-refractivity contribution in [2.45, 2.75) is 19.8 Å². The van der Waals surface area contributed by atoms with Crippen LogP contribution in [0, 0.1) is 5.92 Å². The van der Waals surface area contributed by atoms with Gasteiger partial charge >= 0.3 is 0 Å². The SMILES string of the molecule is CCNCC1CCc2ccccc2C1=O. The molecule has 1 aliphatic rings. The third-order valence-electron chi connectivity index (χ3n) is 3.06. The summed E-state index contributed by atoms with van der Waals surface area (Å²) in [6, 6.07) is 7.98. The van der Waals surface area contributed by atoms with Crippen LogP contribution in [0.4, 0.5) is 0 Å². The Morgan fingerprint density at radius 1 is 1.40 bits per heavy atom. The quantitative estimate of drug-likeness (QED) is 0.814. The molecule has 0 heterocycles. The predicted octanol–water partition coefficient (Wildman–Crippen LogP) is 2.04. The summed E-state index contributed by atoms with van der Waals surface area (Å²) in [7, 11) is 0. The topological polar surface area (TPSA) is 29.1 Å². The number of ketones is 1. The summed E-state index contributed by atoms with van der Waals surface area (Å²) < 4.78 is 0. The normalized spacial score (nSPS) is 20.1. The molecule has 0 bridgehead atoms. The second kappa shape index (κ2) is 4.58. The molecule has 1 N–H and O–H groups in total. The van der Waals surface area contributed by atoms with E-state index in [1.165, 1.54) is 5.56 Å². The number of benzene rings is 1. The molecular weight excluding hydrogens is 186 g/mol. The molecule has 1 aromatic rings. The third-order valence-corrected chi connectivity index (χ3v) is 3.06. The van der Waals surface area contributed by atoms with Crippen LogP contribution in [-0.4, -0.2) is 18.9 Å². The van der Waals surface area contributed by atoms with Gasteiger partial charge in [0.1, 0.15) is 0 Å². The number of fused-ring (bicyclic) bond motifs is 1. The zero-order valence-electron chi connectivity index (χ0n) is 9.12. The van der Waals surface area contributed by atoms with Crippen LogP contribution < -0.4 is 5.32 Å². The maximum absolute atomic E-state index is 12.1. The van der Waals surface area contributed by atoms with E-state index in [2.05, 4.69) is 18.3 Å². The van der Waals surface area contributed by atoms with Gasteiger partial charge in [-0.2, -0.15) is 0 Å². The number of carbonyl (C=O) groups is 1. The lowest BCUT2D eigenvalue weighted by Crippen LogP contribution is -2.32. The summed E-state index contributed by atoms with van der Waals surface area (Å²) in [6.45, 7) is 3.83. The molecule has 1 aromatic carbocycles. The number of rotatable bonds is 3. The van der Waals surface area contributed by atoms with Gasteiger partial charge in [0.2, 0.25) is 0 Å². The van der Waals surface area contributed by atoms with Gasteiger partial charge in [0, 0.05) is 18.0 Å². The van der Waals surface area contributed by atoms with Crippen LogP contribution in [-0.2, 0) is 6.42 Å². The van der Waals surface area contributed by atoms with Crippen LogP contribution >= 0.6 is 0 Å². The zero-order valence-corrected chi connectivity index (χ0v) is 9.12. The van der Waals surface area contributed by atoms with Crippen LogP contribution in [0.5, 0.6) is 0 Å². The average molecular weight is 203 g/mol. The molecule has 2 heteroatoms. The van der Waals surface area contributed by atoms with E-state index in [1.54, 1.807) is 0 Å². The molecule has 2 nitrogen and oxygen atoms in total. The fourth-order valence-corrected chi connectivity index (χ4v) is 2.17. The minimum atomic E-state index is 0.180. The number of hydrogen-bond donors (Lipinski definition) is 1. The molecule has 0 aliphatic heterocycles. The summed E-state index contributed by atoms with van der Waals surface area (Å²) in [5.74, 6) is 0.498. The van der Waals surface area contributed by atoms with Gasteiger partial charge in [-0.3, -0.25) is 4.79 Å². The van der Waals surface area contributed by atoms with Crippen LogP contribution in [0.3, 0.4) is 0 Å². The lowest BCUT2D eigenvalue weighted by atomic mass is 9.83. The Balaban J connectivity index is 2.15. The van der Waals surface area contributed by atoms with Crippen molar-refractivity contribution in [2.75, 3.05) is 13.1 Å². The van der Waals surface area contributed by atoms with E-state index in [1.807, 2.05) is 18.2 Å². The highest BCUT2D eigenvalue weighted by molar-refractivity contribution is 6.00. The monoisotopic (exact) mass is 203 g/mol. The van der Waals surface area contributed by atoms with Gasteiger partial charge < -0.3 is 5.32 Å². The van der Waals surface area contributed by atoms with E-state index < -0.39 is 0 Å². The van der Waals surface area contributed by atoms with Crippen molar-refractivity contribution < 1.29 is 4.79 Å². The van der Waals surface area contributed by atoms with Gasteiger partial charge in [-0.25, -0.2) is 0 Å². The average Bonchev–Trinajstić information content (AvgIpc) is 2.29. The first-order valence-corrected chi connectivity index (χ1v) is 5.65. The second-order valence-electron chi connectivity index (χ2n) is 4.06. The Hall–Kier alpha value is -1.15. The van der Waals surface area contributed by atoms with E-state index in [0.29, 0.717) is 5.78 Å². The maximum Gasteiger partial charge on any atom is 0.167 e. The second-order valence-corrected chi connectivity index (χ2v) is 4.06. The van der Waals surface area contributed by atoms with Gasteiger partial charge in [0.15, 0.2) is 5.78 Å². The van der Waals surface area contributed by atoms with Gasteiger partial charge in [0.25, 0.3) is 0 Å². The van der Waals surface area contributed by atoms with Crippen molar-refractivity contribution >= 4 is 5.78 Å². The smallest absolute Gasteiger partial charge is 0.167 e. The largest absolute Gasteiger partial charge is 0.316 e. The molecule has 1 unspecified atom stereocenters. The molecule has 80 valence electrons. The minimum absolute atomic E-state index is 0.180. The molecule has 0 amide bonds. The van der Waals surface area contributed by atoms with Gasteiger partial charge in [-0.05, 0) is 24.9 Å². The molecule has 2 rings (SSSR count). The fraction of sp³-hybridized carbons (Fsp3) is 0.462. The molecule has 0 spiro atoms. The molecule has 0 fully saturated rings. The summed E-state index contributed by atoms with van der Waals surface area (Å²) in [5, 5.41) is 3.26. The Morgan fingerprint density at radius 3 is 3.00 bits per heavy atom. The maximum atomic E-state index is 12.1. The highest BCUT2D eigenvalue weighted by Crippen LogP contribution is 2.24. The van der Waals surface area contributed by atoms with E-state index in [9.17, 15) is 4.79 Å². The molecule has 15 heavy (non-hydrogen) atoms. The Morgan fingerprint density at radius 2 is 2.20 bits per heavy atom. The van der Waals surface area contributed by atoms with Crippen LogP contribution in [0.25, 0.3) is 0 Å². The number of carbonyl (C=O) groups excluding carboxylic acids is 1. The van der Waals surface area contributed by atoms with Crippen LogP contribution in [0.15, 0.2) is 24.3 Å². The lowest BCUT2D eigenvalue weighted by molar-refractivity contribution is 0.0901. The standard InChI is InChI=1S/C13H17NO/c1-2-14-9-11-8-7-10-5-3-4-6-12(10)13(11)15/h3-6,11,14H,2,7-9H2,1H3.